The van der Waals surface area contributed by atoms with Crippen LogP contribution in [0.15, 0.2) is 18.2 Å². The van der Waals surface area contributed by atoms with Crippen LogP contribution in [0.4, 0.5) is 10.3 Å². The summed E-state index contributed by atoms with van der Waals surface area (Å²) in [5, 5.41) is 13.1. The summed E-state index contributed by atoms with van der Waals surface area (Å²) in [6, 6.07) is 4.29. The van der Waals surface area contributed by atoms with Gasteiger partial charge >= 0.3 is 0 Å². The van der Waals surface area contributed by atoms with Gasteiger partial charge in [-0.15, -0.1) is 0 Å². The van der Waals surface area contributed by atoms with E-state index in [4.69, 9.17) is 23.2 Å². The van der Waals surface area contributed by atoms with Crippen molar-refractivity contribution >= 4 is 29.2 Å². The summed E-state index contributed by atoms with van der Waals surface area (Å²) in [6.07, 6.45) is 1.14. The van der Waals surface area contributed by atoms with E-state index in [1.165, 1.54) is 12.1 Å². The number of rotatable bonds is 8. The van der Waals surface area contributed by atoms with Crippen molar-refractivity contribution < 1.29 is 9.50 Å². The highest BCUT2D eigenvalue weighted by Crippen LogP contribution is 2.25. The van der Waals surface area contributed by atoms with Gasteiger partial charge in [-0.2, -0.15) is 9.97 Å². The van der Waals surface area contributed by atoms with Gasteiger partial charge in [-0.3, -0.25) is 0 Å². The molecule has 2 aromatic rings. The first kappa shape index (κ1) is 20.8. The highest BCUT2D eigenvalue weighted by molar-refractivity contribution is 6.30. The van der Waals surface area contributed by atoms with Crippen molar-refractivity contribution in [2.24, 2.45) is 5.92 Å². The summed E-state index contributed by atoms with van der Waals surface area (Å²) >= 11 is 12.0. The maximum absolute atomic E-state index is 14.0. The average molecular weight is 401 g/mol. The largest absolute Gasteiger partial charge is 0.394 e. The number of hydrogen-bond acceptors (Lipinski definition) is 5. The zero-order valence-corrected chi connectivity index (χ0v) is 16.5. The van der Waals surface area contributed by atoms with Crippen LogP contribution in [0.3, 0.4) is 0 Å². The fourth-order valence-electron chi connectivity index (χ4n) is 2.75. The first-order valence-electron chi connectivity index (χ1n) is 8.51. The number of aliphatic hydroxyl groups is 1. The van der Waals surface area contributed by atoms with Gasteiger partial charge in [0.05, 0.1) is 12.6 Å². The van der Waals surface area contributed by atoms with Crippen LogP contribution in [-0.4, -0.2) is 32.7 Å². The molecule has 1 aromatic heterocycles. The number of anilines is 1. The lowest BCUT2D eigenvalue weighted by molar-refractivity contribution is 0.259. The quantitative estimate of drug-likeness (QED) is 0.683. The first-order chi connectivity index (χ1) is 12.3. The predicted molar refractivity (Wildman–Crippen MR) is 102 cm³/mol. The zero-order valence-electron chi connectivity index (χ0n) is 15.0. The van der Waals surface area contributed by atoms with Crippen LogP contribution in [0, 0.1) is 11.7 Å². The number of nitrogens with zero attached hydrogens (tertiary/aromatic N) is 3. The van der Waals surface area contributed by atoms with Crippen LogP contribution in [0.5, 0.6) is 0 Å². The van der Waals surface area contributed by atoms with Crippen LogP contribution in [-0.2, 0) is 6.42 Å². The summed E-state index contributed by atoms with van der Waals surface area (Å²) in [7, 11) is 0. The summed E-state index contributed by atoms with van der Waals surface area (Å²) in [5.41, 5.74) is 0.497. The van der Waals surface area contributed by atoms with Gasteiger partial charge in [-0.1, -0.05) is 32.4 Å². The number of nitrogens with one attached hydrogen (secondary N) is 1. The van der Waals surface area contributed by atoms with E-state index in [9.17, 15) is 9.50 Å². The maximum atomic E-state index is 14.0. The Labute approximate surface area is 163 Å². The van der Waals surface area contributed by atoms with Crippen LogP contribution in [0.1, 0.15) is 44.5 Å². The van der Waals surface area contributed by atoms with Gasteiger partial charge in [-0.05, 0) is 53.6 Å². The van der Waals surface area contributed by atoms with Crippen molar-refractivity contribution in [1.82, 2.24) is 15.0 Å². The molecular formula is C18H23Cl2FN4O. The molecule has 0 saturated carbocycles. The first-order valence-corrected chi connectivity index (χ1v) is 9.26. The van der Waals surface area contributed by atoms with E-state index >= 15 is 0 Å². The van der Waals surface area contributed by atoms with Crippen molar-refractivity contribution in [1.29, 1.82) is 0 Å². The SMILES string of the molecule is CC(C)CC(CO)Nc1nc(Cl)nc(CC(C)c2cc(Cl)ccc2F)n1. The third kappa shape index (κ3) is 6.04. The molecule has 2 atom stereocenters. The molecule has 0 radical (unpaired) electrons. The molecular weight excluding hydrogens is 378 g/mol. The lowest BCUT2D eigenvalue weighted by Gasteiger charge is -2.19. The molecule has 0 amide bonds. The predicted octanol–water partition coefficient (Wildman–Crippen LogP) is 4.48. The van der Waals surface area contributed by atoms with Crippen LogP contribution < -0.4 is 5.32 Å². The third-order valence-corrected chi connectivity index (χ3v) is 4.35. The van der Waals surface area contributed by atoms with Gasteiger partial charge in [0, 0.05) is 11.4 Å². The van der Waals surface area contributed by atoms with E-state index in [0.29, 0.717) is 34.7 Å². The Balaban J connectivity index is 2.17. The van der Waals surface area contributed by atoms with Gasteiger partial charge in [-0.25, -0.2) is 9.37 Å². The highest BCUT2D eigenvalue weighted by atomic mass is 35.5. The zero-order chi connectivity index (χ0) is 19.3. The minimum Gasteiger partial charge on any atom is -0.394 e. The van der Waals surface area contributed by atoms with Crippen molar-refractivity contribution in [3.05, 3.63) is 45.7 Å². The second-order valence-corrected chi connectivity index (χ2v) is 7.54. The Morgan fingerprint density at radius 2 is 1.88 bits per heavy atom. The molecule has 26 heavy (non-hydrogen) atoms. The molecule has 0 aliphatic carbocycles. The van der Waals surface area contributed by atoms with Crippen molar-refractivity contribution in [2.75, 3.05) is 11.9 Å². The van der Waals surface area contributed by atoms with E-state index in [-0.39, 0.29) is 29.7 Å². The van der Waals surface area contributed by atoms with E-state index in [2.05, 4.69) is 34.1 Å². The molecule has 2 unspecified atom stereocenters. The smallest absolute Gasteiger partial charge is 0.227 e. The fraction of sp³-hybridized carbons (Fsp3) is 0.500. The topological polar surface area (TPSA) is 70.9 Å². The number of hydrogen-bond donors (Lipinski definition) is 2. The number of aliphatic hydroxyl groups excluding tert-OH is 1. The Kier molecular flexibility index (Phi) is 7.55. The highest BCUT2D eigenvalue weighted by Gasteiger charge is 2.17. The van der Waals surface area contributed by atoms with E-state index in [1.807, 2.05) is 6.92 Å². The van der Waals surface area contributed by atoms with Gasteiger partial charge in [0.2, 0.25) is 11.2 Å². The number of benzene rings is 1. The normalized spacial score (nSPS) is 13.7. The summed E-state index contributed by atoms with van der Waals surface area (Å²) < 4.78 is 14.0. The monoisotopic (exact) mass is 400 g/mol. The van der Waals surface area contributed by atoms with Crippen LogP contribution >= 0.6 is 23.2 Å². The van der Waals surface area contributed by atoms with Gasteiger partial charge in [0.1, 0.15) is 11.6 Å². The lowest BCUT2D eigenvalue weighted by atomic mass is 9.97. The van der Waals surface area contributed by atoms with Gasteiger partial charge < -0.3 is 10.4 Å². The van der Waals surface area contributed by atoms with Gasteiger partial charge in [0.25, 0.3) is 0 Å². The average Bonchev–Trinajstić information content (AvgIpc) is 2.55. The second kappa shape index (κ2) is 9.44. The van der Waals surface area contributed by atoms with Crippen LogP contribution in [0.25, 0.3) is 0 Å². The lowest BCUT2D eigenvalue weighted by Crippen LogP contribution is -2.27. The molecule has 0 bridgehead atoms. The molecule has 5 nitrogen and oxygen atoms in total. The van der Waals surface area contributed by atoms with E-state index < -0.39 is 0 Å². The Hall–Kier alpha value is -1.50. The van der Waals surface area contributed by atoms with Crippen molar-refractivity contribution in [3.8, 4) is 0 Å². The Morgan fingerprint density at radius 3 is 2.54 bits per heavy atom. The minimum absolute atomic E-state index is 0.0407. The molecule has 1 aromatic carbocycles. The fourth-order valence-corrected chi connectivity index (χ4v) is 3.11. The van der Waals surface area contributed by atoms with Crippen LogP contribution in [0.2, 0.25) is 10.3 Å². The Morgan fingerprint density at radius 1 is 1.15 bits per heavy atom. The van der Waals surface area contributed by atoms with E-state index in [1.54, 1.807) is 6.07 Å². The third-order valence-electron chi connectivity index (χ3n) is 3.94. The van der Waals surface area contributed by atoms with E-state index in [0.717, 1.165) is 6.42 Å². The molecule has 0 aliphatic heterocycles. The standard InChI is InChI=1S/C18H23Cl2FN4O/c1-10(2)6-13(9-26)22-18-24-16(23-17(20)25-18)7-11(3)14-8-12(19)4-5-15(14)21/h4-5,8,10-11,13,26H,6-7,9H2,1-3H3,(H,22,23,24,25). The molecule has 2 rings (SSSR count). The van der Waals surface area contributed by atoms with Crippen molar-refractivity contribution in [2.45, 2.75) is 45.6 Å². The molecule has 142 valence electrons. The van der Waals surface area contributed by atoms with Crippen molar-refractivity contribution in [3.63, 3.8) is 0 Å². The number of aromatic nitrogens is 3. The Bertz CT molecular complexity index is 745. The molecule has 0 fully saturated rings. The molecule has 8 heteroatoms. The second-order valence-electron chi connectivity index (χ2n) is 6.77. The summed E-state index contributed by atoms with van der Waals surface area (Å²) in [5.74, 6) is 0.642. The number of halogens is 3. The maximum Gasteiger partial charge on any atom is 0.227 e. The molecule has 0 spiro atoms. The molecule has 2 N–H and O–H groups in total. The summed E-state index contributed by atoms with van der Waals surface area (Å²) in [6.45, 7) is 5.96. The molecule has 0 aliphatic rings. The molecule has 1 heterocycles. The molecule has 0 saturated heterocycles. The van der Waals surface area contributed by atoms with Gasteiger partial charge in [0.15, 0.2) is 0 Å². The summed E-state index contributed by atoms with van der Waals surface area (Å²) in [4.78, 5) is 12.6. The minimum atomic E-state index is -0.322.